The molecule has 0 unspecified atom stereocenters. The summed E-state index contributed by atoms with van der Waals surface area (Å²) in [5, 5.41) is 9.64. The maximum atomic E-state index is 13.4. The summed E-state index contributed by atoms with van der Waals surface area (Å²) in [4.78, 5) is 23.4. The van der Waals surface area contributed by atoms with Crippen molar-refractivity contribution in [2.75, 3.05) is 57.3 Å². The van der Waals surface area contributed by atoms with Crippen LogP contribution in [0.1, 0.15) is 23.2 Å². The molecule has 3 heterocycles. The van der Waals surface area contributed by atoms with Gasteiger partial charge in [-0.25, -0.2) is 4.98 Å². The zero-order valence-corrected chi connectivity index (χ0v) is 21.8. The molecular weight excluding hydrogens is 521 g/mol. The predicted octanol–water partition coefficient (Wildman–Crippen LogP) is 4.10. The molecule has 1 aromatic heterocycles. The Balaban J connectivity index is 1.18. The summed E-state index contributed by atoms with van der Waals surface area (Å²) in [5.41, 5.74) is 0.0577. The van der Waals surface area contributed by atoms with Crippen molar-refractivity contribution in [1.82, 2.24) is 19.4 Å². The van der Waals surface area contributed by atoms with Crippen LogP contribution < -0.4 is 9.64 Å². The molecule has 0 bridgehead atoms. The van der Waals surface area contributed by atoms with Crippen molar-refractivity contribution < 1.29 is 22.7 Å². The number of benzene rings is 2. The quantitative estimate of drug-likeness (QED) is 0.393. The highest BCUT2D eigenvalue weighted by Gasteiger charge is 2.33. The normalized spacial score (nSPS) is 16.2. The number of nitrogens with zero attached hydrogens (tertiary/aromatic N) is 6. The zero-order chi connectivity index (χ0) is 28.1. The van der Waals surface area contributed by atoms with Crippen LogP contribution in [-0.4, -0.2) is 77.7 Å². The summed E-state index contributed by atoms with van der Waals surface area (Å²) in [6.07, 6.45) is -0.510. The van der Waals surface area contributed by atoms with Crippen LogP contribution in [-0.2, 0) is 11.0 Å². The molecule has 0 aliphatic carbocycles. The van der Waals surface area contributed by atoms with Crippen LogP contribution in [0.5, 0.6) is 5.75 Å². The van der Waals surface area contributed by atoms with Gasteiger partial charge in [0.2, 0.25) is 5.91 Å². The van der Waals surface area contributed by atoms with E-state index in [4.69, 9.17) is 4.74 Å². The second-order valence-corrected chi connectivity index (χ2v) is 9.70. The van der Waals surface area contributed by atoms with E-state index >= 15 is 0 Å². The van der Waals surface area contributed by atoms with E-state index in [1.54, 1.807) is 12.1 Å². The van der Waals surface area contributed by atoms with Gasteiger partial charge in [-0.3, -0.25) is 19.2 Å². The molecule has 8 nitrogen and oxygen atoms in total. The van der Waals surface area contributed by atoms with Crippen molar-refractivity contribution in [1.29, 1.82) is 5.26 Å². The predicted molar refractivity (Wildman–Crippen MR) is 144 cm³/mol. The van der Waals surface area contributed by atoms with Crippen molar-refractivity contribution in [2.24, 2.45) is 0 Å². The summed E-state index contributed by atoms with van der Waals surface area (Å²) in [6, 6.07) is 16.7. The lowest BCUT2D eigenvalue weighted by Crippen LogP contribution is -2.51. The minimum absolute atomic E-state index is 0.0495. The Kier molecular flexibility index (Phi) is 8.19. The molecule has 0 N–H and O–H groups in total. The summed E-state index contributed by atoms with van der Waals surface area (Å²) in [7, 11) is 0. The molecule has 0 atom stereocenters. The van der Waals surface area contributed by atoms with Gasteiger partial charge in [-0.2, -0.15) is 18.4 Å². The molecule has 2 aliphatic heterocycles. The highest BCUT2D eigenvalue weighted by atomic mass is 19.4. The highest BCUT2D eigenvalue weighted by molar-refractivity contribution is 5.97. The summed E-state index contributed by atoms with van der Waals surface area (Å²) in [5.74, 6) is 0.947. The van der Waals surface area contributed by atoms with E-state index in [1.807, 2.05) is 36.4 Å². The van der Waals surface area contributed by atoms with Gasteiger partial charge in [0.1, 0.15) is 18.1 Å². The minimum Gasteiger partial charge on any atom is -0.494 e. The summed E-state index contributed by atoms with van der Waals surface area (Å²) >= 11 is 0. The molecule has 11 heteroatoms. The molecule has 2 aromatic carbocycles. The number of halogens is 3. The van der Waals surface area contributed by atoms with E-state index in [2.05, 4.69) is 14.8 Å². The average Bonchev–Trinajstić information content (AvgIpc) is 3.40. The molecule has 0 saturated carbocycles. The van der Waals surface area contributed by atoms with Crippen molar-refractivity contribution in [2.45, 2.75) is 12.6 Å². The van der Waals surface area contributed by atoms with E-state index in [-0.39, 0.29) is 30.5 Å². The van der Waals surface area contributed by atoms with Gasteiger partial charge in [-0.1, -0.05) is 30.3 Å². The van der Waals surface area contributed by atoms with Gasteiger partial charge in [0.25, 0.3) is 0 Å². The van der Waals surface area contributed by atoms with Crippen LogP contribution in [0.25, 0.3) is 5.70 Å². The van der Waals surface area contributed by atoms with Crippen LogP contribution in [0.2, 0.25) is 0 Å². The molecule has 5 rings (SSSR count). The van der Waals surface area contributed by atoms with E-state index in [0.717, 1.165) is 57.0 Å². The van der Waals surface area contributed by atoms with E-state index < -0.39 is 11.7 Å². The Morgan fingerprint density at radius 3 is 2.50 bits per heavy atom. The lowest BCUT2D eigenvalue weighted by Gasteiger charge is -2.36. The van der Waals surface area contributed by atoms with Gasteiger partial charge in [0.05, 0.1) is 24.4 Å². The van der Waals surface area contributed by atoms with Crippen molar-refractivity contribution in [3.63, 3.8) is 0 Å². The van der Waals surface area contributed by atoms with Crippen LogP contribution >= 0.6 is 0 Å². The first kappa shape index (κ1) is 27.4. The largest absolute Gasteiger partial charge is 0.494 e. The number of amides is 1. The standard InChI is InChI=1S/C29H29F3N6O2/c30-29(31,32)23-7-4-6-22(18-23)26-10-12-37(28-25(19-33)34-21-38(26)28)27(39)20-36-15-13-35(14-16-36)11-5-17-40-24-8-2-1-3-9-24/h1-4,6-10,18,21H,5,11-17,20H2. The van der Waals surface area contributed by atoms with Gasteiger partial charge < -0.3 is 9.64 Å². The zero-order valence-electron chi connectivity index (χ0n) is 21.8. The van der Waals surface area contributed by atoms with Gasteiger partial charge in [-0.15, -0.1) is 0 Å². The molecule has 40 heavy (non-hydrogen) atoms. The van der Waals surface area contributed by atoms with Gasteiger partial charge in [0.15, 0.2) is 11.5 Å². The van der Waals surface area contributed by atoms with Crippen LogP contribution in [0.3, 0.4) is 0 Å². The number of alkyl halides is 3. The summed E-state index contributed by atoms with van der Waals surface area (Å²) in [6.45, 7) is 4.99. The Morgan fingerprint density at radius 2 is 1.77 bits per heavy atom. The molecule has 0 radical (unpaired) electrons. The number of anilines is 1. The Hall–Kier alpha value is -4.14. The minimum atomic E-state index is -4.48. The van der Waals surface area contributed by atoms with Gasteiger partial charge in [-0.05, 0) is 42.3 Å². The number of ether oxygens (including phenoxy) is 1. The SMILES string of the molecule is N#Cc1ncn2c1N(C(=O)CN1CCN(CCCOc3ccccc3)CC1)CC=C2c1cccc(C(F)(F)F)c1. The number of rotatable bonds is 8. The number of hydrogen-bond donors (Lipinski definition) is 0. The smallest absolute Gasteiger partial charge is 0.416 e. The number of fused-ring (bicyclic) bond motifs is 1. The third-order valence-corrected chi connectivity index (χ3v) is 7.07. The number of carbonyl (C=O) groups excluding carboxylic acids is 1. The molecule has 1 amide bonds. The lowest BCUT2D eigenvalue weighted by molar-refractivity contribution is -0.137. The highest BCUT2D eigenvalue weighted by Crippen LogP contribution is 2.35. The van der Waals surface area contributed by atoms with E-state index in [0.29, 0.717) is 17.9 Å². The topological polar surface area (TPSA) is 77.6 Å². The number of para-hydroxylation sites is 1. The van der Waals surface area contributed by atoms with Crippen molar-refractivity contribution >= 4 is 17.4 Å². The lowest BCUT2D eigenvalue weighted by atomic mass is 10.1. The second kappa shape index (κ2) is 11.9. The monoisotopic (exact) mass is 550 g/mol. The maximum Gasteiger partial charge on any atom is 0.416 e. The average molecular weight is 551 g/mol. The first-order chi connectivity index (χ1) is 19.3. The maximum absolute atomic E-state index is 13.4. The van der Waals surface area contributed by atoms with E-state index in [9.17, 15) is 23.2 Å². The fourth-order valence-corrected chi connectivity index (χ4v) is 4.99. The first-order valence-electron chi connectivity index (χ1n) is 13.1. The second-order valence-electron chi connectivity index (χ2n) is 9.70. The molecule has 3 aromatic rings. The van der Waals surface area contributed by atoms with Gasteiger partial charge >= 0.3 is 6.18 Å². The fraction of sp³-hybridized carbons (Fsp3) is 0.345. The Bertz CT molecular complexity index is 1410. The number of hydrogen-bond acceptors (Lipinski definition) is 6. The van der Waals surface area contributed by atoms with Crippen LogP contribution in [0.4, 0.5) is 19.0 Å². The number of nitriles is 1. The summed E-state index contributed by atoms with van der Waals surface area (Å²) < 4.78 is 47.2. The third-order valence-electron chi connectivity index (χ3n) is 7.07. The Labute approximate surface area is 230 Å². The third kappa shape index (κ3) is 6.19. The molecule has 1 fully saturated rings. The molecular formula is C29H29F3N6O2. The first-order valence-corrected chi connectivity index (χ1v) is 13.1. The molecule has 208 valence electrons. The molecule has 0 spiro atoms. The van der Waals surface area contributed by atoms with Crippen LogP contribution in [0, 0.1) is 11.3 Å². The number of aromatic nitrogens is 2. The molecule has 1 saturated heterocycles. The fourth-order valence-electron chi connectivity index (χ4n) is 4.99. The van der Waals surface area contributed by atoms with E-state index in [1.165, 1.54) is 21.9 Å². The Morgan fingerprint density at radius 1 is 1.02 bits per heavy atom. The number of piperazine rings is 1. The van der Waals surface area contributed by atoms with Crippen molar-refractivity contribution in [3.8, 4) is 11.8 Å². The molecule has 2 aliphatic rings. The van der Waals surface area contributed by atoms with Crippen molar-refractivity contribution in [3.05, 3.63) is 83.8 Å². The van der Waals surface area contributed by atoms with Gasteiger partial charge in [0, 0.05) is 39.3 Å². The number of carbonyl (C=O) groups is 1. The number of imidazole rings is 1. The van der Waals surface area contributed by atoms with Crippen LogP contribution in [0.15, 0.2) is 67.0 Å².